The Balaban J connectivity index is 1.92. The number of fused-ring (bicyclic) bond motifs is 1. The number of aromatic nitrogens is 4. The summed E-state index contributed by atoms with van der Waals surface area (Å²) in [5.41, 5.74) is 6.53. The highest BCUT2D eigenvalue weighted by Crippen LogP contribution is 2.38. The number of nitrogens with one attached hydrogen (secondary N) is 1. The van der Waals surface area contributed by atoms with Gasteiger partial charge in [0.05, 0.1) is 12.4 Å². The van der Waals surface area contributed by atoms with Crippen LogP contribution in [-0.4, -0.2) is 53.7 Å². The minimum absolute atomic E-state index is 0.0408. The van der Waals surface area contributed by atoms with Crippen LogP contribution in [0.2, 0.25) is 0 Å². The van der Waals surface area contributed by atoms with Crippen molar-refractivity contribution in [3.63, 3.8) is 0 Å². The number of aliphatic hydroxyl groups is 1. The molecule has 11 nitrogen and oxygen atoms in total. The molecule has 130 valence electrons. The van der Waals surface area contributed by atoms with E-state index in [1.807, 2.05) is 0 Å². The van der Waals surface area contributed by atoms with Crippen molar-refractivity contribution in [1.29, 1.82) is 0 Å². The lowest BCUT2D eigenvalue weighted by Crippen LogP contribution is -2.19. The van der Waals surface area contributed by atoms with Gasteiger partial charge in [-0.25, -0.2) is 4.98 Å². The van der Waals surface area contributed by atoms with E-state index in [4.69, 9.17) is 20.3 Å². The fraction of sp³-hybridized carbons (Fsp3) is 0.417. The van der Waals surface area contributed by atoms with Crippen molar-refractivity contribution >= 4 is 30.5 Å². The highest BCUT2D eigenvalue weighted by atomic mass is 31.2. The SMILES string of the molecule is CNc1nc(N)nc2c1ncn2C1OC(/C=C/P(=O)(O)O)CC1O. The molecule has 3 unspecified atom stereocenters. The zero-order chi connectivity index (χ0) is 17.5. The predicted molar refractivity (Wildman–Crippen MR) is 85.0 cm³/mol. The van der Waals surface area contributed by atoms with Crippen LogP contribution in [0.3, 0.4) is 0 Å². The molecule has 12 heteroatoms. The molecule has 1 aliphatic rings. The van der Waals surface area contributed by atoms with Gasteiger partial charge in [0.25, 0.3) is 0 Å². The fourth-order valence-electron chi connectivity index (χ4n) is 2.56. The number of imidazole rings is 1. The first-order valence-electron chi connectivity index (χ1n) is 7.04. The van der Waals surface area contributed by atoms with Crippen LogP contribution in [0.15, 0.2) is 18.2 Å². The molecule has 3 heterocycles. The summed E-state index contributed by atoms with van der Waals surface area (Å²) < 4.78 is 18.1. The van der Waals surface area contributed by atoms with E-state index in [-0.39, 0.29) is 12.4 Å². The van der Waals surface area contributed by atoms with Crippen LogP contribution >= 0.6 is 7.60 Å². The average Bonchev–Trinajstić information content (AvgIpc) is 3.06. The molecule has 0 bridgehead atoms. The first-order valence-corrected chi connectivity index (χ1v) is 8.72. The topological polar surface area (TPSA) is 169 Å². The molecule has 0 amide bonds. The van der Waals surface area contributed by atoms with Gasteiger partial charge in [-0.1, -0.05) is 0 Å². The van der Waals surface area contributed by atoms with Crippen LogP contribution in [0.4, 0.5) is 11.8 Å². The van der Waals surface area contributed by atoms with E-state index in [0.717, 1.165) is 5.82 Å². The van der Waals surface area contributed by atoms with Crippen molar-refractivity contribution in [2.45, 2.75) is 24.9 Å². The maximum atomic E-state index is 10.9. The zero-order valence-corrected chi connectivity index (χ0v) is 13.5. The van der Waals surface area contributed by atoms with E-state index in [1.54, 1.807) is 7.05 Å². The number of rotatable bonds is 4. The van der Waals surface area contributed by atoms with Crippen molar-refractivity contribution in [2.75, 3.05) is 18.1 Å². The minimum Gasteiger partial charge on any atom is -0.388 e. The second-order valence-electron chi connectivity index (χ2n) is 5.30. The number of hydrogen-bond donors (Lipinski definition) is 5. The van der Waals surface area contributed by atoms with Crippen molar-refractivity contribution in [3.8, 4) is 0 Å². The number of nitrogens with zero attached hydrogens (tertiary/aromatic N) is 4. The Morgan fingerprint density at radius 1 is 1.50 bits per heavy atom. The number of ether oxygens (including phenoxy) is 1. The molecule has 2 aromatic rings. The fourth-order valence-corrected chi connectivity index (χ4v) is 2.97. The van der Waals surface area contributed by atoms with Crippen molar-refractivity contribution < 1.29 is 24.2 Å². The molecular formula is C12H17N6O5P. The van der Waals surface area contributed by atoms with Crippen LogP contribution in [0.5, 0.6) is 0 Å². The van der Waals surface area contributed by atoms with Gasteiger partial charge in [-0.05, 0) is 6.08 Å². The van der Waals surface area contributed by atoms with E-state index in [0.29, 0.717) is 17.0 Å². The Bertz CT molecular complexity index is 833. The van der Waals surface area contributed by atoms with Crippen molar-refractivity contribution in [1.82, 2.24) is 19.5 Å². The normalized spacial score (nSPS) is 24.9. The molecular weight excluding hydrogens is 339 g/mol. The van der Waals surface area contributed by atoms with Gasteiger partial charge in [-0.3, -0.25) is 9.13 Å². The van der Waals surface area contributed by atoms with Crippen LogP contribution < -0.4 is 11.1 Å². The van der Waals surface area contributed by atoms with Crippen LogP contribution in [0, 0.1) is 0 Å². The smallest absolute Gasteiger partial charge is 0.348 e. The highest BCUT2D eigenvalue weighted by molar-refractivity contribution is 7.55. The molecule has 0 saturated carbocycles. The maximum Gasteiger partial charge on any atom is 0.348 e. The second kappa shape index (κ2) is 6.11. The summed E-state index contributed by atoms with van der Waals surface area (Å²) in [4.78, 5) is 30.1. The lowest BCUT2D eigenvalue weighted by Gasteiger charge is -2.16. The van der Waals surface area contributed by atoms with Gasteiger partial charge in [0.2, 0.25) is 5.95 Å². The van der Waals surface area contributed by atoms with Gasteiger partial charge in [0.15, 0.2) is 23.2 Å². The van der Waals surface area contributed by atoms with Crippen LogP contribution in [0.1, 0.15) is 12.6 Å². The molecule has 0 spiro atoms. The van der Waals surface area contributed by atoms with Crippen molar-refractivity contribution in [3.05, 3.63) is 18.2 Å². The lowest BCUT2D eigenvalue weighted by atomic mass is 10.2. The molecule has 1 fully saturated rings. The van der Waals surface area contributed by atoms with E-state index >= 15 is 0 Å². The van der Waals surface area contributed by atoms with Crippen LogP contribution in [-0.2, 0) is 9.30 Å². The van der Waals surface area contributed by atoms with Gasteiger partial charge in [-0.2, -0.15) is 9.97 Å². The molecule has 0 radical (unpaired) electrons. The van der Waals surface area contributed by atoms with Gasteiger partial charge in [-0.15, -0.1) is 0 Å². The third-order valence-electron chi connectivity index (χ3n) is 3.56. The van der Waals surface area contributed by atoms with E-state index in [9.17, 15) is 9.67 Å². The van der Waals surface area contributed by atoms with E-state index in [1.165, 1.54) is 17.0 Å². The second-order valence-corrected chi connectivity index (χ2v) is 6.78. The third-order valence-corrected chi connectivity index (χ3v) is 4.12. The molecule has 6 N–H and O–H groups in total. The Kier molecular flexibility index (Phi) is 4.28. The highest BCUT2D eigenvalue weighted by Gasteiger charge is 2.35. The van der Waals surface area contributed by atoms with E-state index in [2.05, 4.69) is 20.3 Å². The van der Waals surface area contributed by atoms with Gasteiger partial charge in [0.1, 0.15) is 6.10 Å². The number of anilines is 2. The molecule has 1 saturated heterocycles. The molecule has 0 aromatic carbocycles. The predicted octanol–water partition coefficient (Wildman–Crippen LogP) is -0.210. The maximum absolute atomic E-state index is 10.9. The number of hydrogen-bond acceptors (Lipinski definition) is 8. The Morgan fingerprint density at radius 3 is 2.92 bits per heavy atom. The van der Waals surface area contributed by atoms with Gasteiger partial charge in [0, 0.05) is 19.3 Å². The van der Waals surface area contributed by atoms with Crippen molar-refractivity contribution in [2.24, 2.45) is 0 Å². The largest absolute Gasteiger partial charge is 0.388 e. The first kappa shape index (κ1) is 16.8. The van der Waals surface area contributed by atoms with Gasteiger partial charge < -0.3 is 30.7 Å². The summed E-state index contributed by atoms with van der Waals surface area (Å²) in [5.74, 6) is 1.25. The lowest BCUT2D eigenvalue weighted by molar-refractivity contribution is -0.0227. The Hall–Kier alpha value is -2.04. The Labute approximate surface area is 136 Å². The summed E-state index contributed by atoms with van der Waals surface area (Å²) in [6.45, 7) is 0. The quantitative estimate of drug-likeness (QED) is 0.462. The first-order chi connectivity index (χ1) is 11.3. The summed E-state index contributed by atoms with van der Waals surface area (Å²) in [5, 5.41) is 13.1. The molecule has 3 rings (SSSR count). The summed E-state index contributed by atoms with van der Waals surface area (Å²) in [6, 6.07) is 0. The molecule has 2 aromatic heterocycles. The minimum atomic E-state index is -4.28. The van der Waals surface area contributed by atoms with Crippen LogP contribution in [0.25, 0.3) is 11.2 Å². The number of nitrogens with two attached hydrogens (primary N) is 1. The summed E-state index contributed by atoms with van der Waals surface area (Å²) in [7, 11) is -2.61. The molecule has 24 heavy (non-hydrogen) atoms. The number of aliphatic hydroxyl groups excluding tert-OH is 1. The standard InChI is InChI=1S/C12H17N6O5P/c1-14-9-8-10(17-12(13)16-9)18(5-15-8)11-7(19)4-6(23-11)2-3-24(20,21)22/h2-3,5-7,11,19H,4H2,1H3,(H2,20,21,22)(H3,13,14,16,17)/b3-2+. The molecule has 0 aliphatic carbocycles. The van der Waals surface area contributed by atoms with E-state index < -0.39 is 26.0 Å². The monoisotopic (exact) mass is 356 g/mol. The zero-order valence-electron chi connectivity index (χ0n) is 12.6. The average molecular weight is 356 g/mol. The van der Waals surface area contributed by atoms with Gasteiger partial charge >= 0.3 is 7.60 Å². The third kappa shape index (κ3) is 3.25. The molecule has 1 aliphatic heterocycles. The Morgan fingerprint density at radius 2 is 2.25 bits per heavy atom. The number of nitrogen functional groups attached to an aromatic ring is 1. The summed E-state index contributed by atoms with van der Waals surface area (Å²) >= 11 is 0. The molecule has 3 atom stereocenters. The summed E-state index contributed by atoms with van der Waals surface area (Å²) in [6.07, 6.45) is 0.524.